The maximum atomic E-state index is 11.4. The number of carbonyl (C=O) groups is 1. The van der Waals surface area contributed by atoms with Gasteiger partial charge in [-0.05, 0) is 23.8 Å². The monoisotopic (exact) mass is 247 g/mol. The molecular formula is C13H13NO4. The van der Waals surface area contributed by atoms with Gasteiger partial charge in [0.25, 0.3) is 0 Å². The summed E-state index contributed by atoms with van der Waals surface area (Å²) in [6.45, 7) is 1.63. The molecule has 18 heavy (non-hydrogen) atoms. The largest absolute Gasteiger partial charge is 0.497 e. The second kappa shape index (κ2) is 4.91. The molecule has 0 unspecified atom stereocenters. The predicted molar refractivity (Wildman–Crippen MR) is 66.7 cm³/mol. The van der Waals surface area contributed by atoms with Crippen LogP contribution in [0.15, 0.2) is 28.9 Å². The van der Waals surface area contributed by atoms with E-state index < -0.39 is 5.97 Å². The van der Waals surface area contributed by atoms with Gasteiger partial charge < -0.3 is 14.2 Å². The highest BCUT2D eigenvalue weighted by Crippen LogP contribution is 2.25. The molecule has 0 spiro atoms. The zero-order chi connectivity index (χ0) is 13.1. The van der Waals surface area contributed by atoms with Crippen LogP contribution < -0.4 is 9.47 Å². The van der Waals surface area contributed by atoms with E-state index in [0.29, 0.717) is 17.4 Å². The van der Waals surface area contributed by atoms with E-state index in [1.165, 1.54) is 0 Å². The minimum atomic E-state index is -0.450. The Labute approximate surface area is 105 Å². The molecule has 0 saturated carbocycles. The van der Waals surface area contributed by atoms with E-state index in [-0.39, 0.29) is 5.70 Å². The first-order chi connectivity index (χ1) is 8.62. The fourth-order valence-electron chi connectivity index (χ4n) is 1.59. The van der Waals surface area contributed by atoms with Crippen LogP contribution in [-0.2, 0) is 9.53 Å². The van der Waals surface area contributed by atoms with Gasteiger partial charge in [-0.25, -0.2) is 9.79 Å². The van der Waals surface area contributed by atoms with Gasteiger partial charge in [-0.15, -0.1) is 0 Å². The lowest BCUT2D eigenvalue weighted by Crippen LogP contribution is -1.99. The number of carbonyl (C=O) groups excluding carboxylic acids is 1. The average Bonchev–Trinajstić information content (AvgIpc) is 2.67. The zero-order valence-electron chi connectivity index (χ0n) is 10.4. The number of esters is 1. The zero-order valence-corrected chi connectivity index (χ0v) is 10.4. The van der Waals surface area contributed by atoms with Gasteiger partial charge in [0.05, 0.1) is 14.2 Å². The van der Waals surface area contributed by atoms with Gasteiger partial charge >= 0.3 is 5.97 Å². The summed E-state index contributed by atoms with van der Waals surface area (Å²) in [5.41, 5.74) is 1.03. The molecule has 1 aromatic carbocycles. The number of methoxy groups -OCH3 is 2. The quantitative estimate of drug-likeness (QED) is 0.605. The van der Waals surface area contributed by atoms with Gasteiger partial charge in [-0.3, -0.25) is 0 Å². The van der Waals surface area contributed by atoms with Crippen LogP contribution in [0.5, 0.6) is 11.5 Å². The summed E-state index contributed by atoms with van der Waals surface area (Å²) in [5.74, 6) is 1.19. The van der Waals surface area contributed by atoms with Crippen molar-refractivity contribution in [1.82, 2.24) is 0 Å². The van der Waals surface area contributed by atoms with Crippen molar-refractivity contribution in [1.29, 1.82) is 0 Å². The van der Waals surface area contributed by atoms with Crippen molar-refractivity contribution in [2.75, 3.05) is 14.2 Å². The number of cyclic esters (lactones) is 1. The maximum Gasteiger partial charge on any atom is 0.363 e. The lowest BCUT2D eigenvalue weighted by Gasteiger charge is -2.05. The van der Waals surface area contributed by atoms with Crippen LogP contribution in [0.2, 0.25) is 0 Å². The Bertz CT molecular complexity index is 524. The lowest BCUT2D eigenvalue weighted by atomic mass is 10.1. The third kappa shape index (κ3) is 2.51. The van der Waals surface area contributed by atoms with Crippen LogP contribution in [0.3, 0.4) is 0 Å². The molecule has 1 aromatic rings. The summed E-state index contributed by atoms with van der Waals surface area (Å²) in [7, 11) is 3.13. The molecule has 5 heteroatoms. The van der Waals surface area contributed by atoms with E-state index in [9.17, 15) is 4.79 Å². The molecule has 5 nitrogen and oxygen atoms in total. The van der Waals surface area contributed by atoms with Gasteiger partial charge in [0.15, 0.2) is 11.6 Å². The standard InChI is InChI=1S/C13H13NO4/c1-8-14-12(13(15)18-8)6-9-4-10(16-2)7-11(5-9)17-3/h4-7H,1-3H3/b12-6-. The minimum Gasteiger partial charge on any atom is -0.497 e. The van der Waals surface area contributed by atoms with E-state index in [0.717, 1.165) is 5.56 Å². The third-order valence-electron chi connectivity index (χ3n) is 2.40. The number of hydrogen-bond donors (Lipinski definition) is 0. The first-order valence-electron chi connectivity index (χ1n) is 5.34. The first-order valence-corrected chi connectivity index (χ1v) is 5.34. The van der Waals surface area contributed by atoms with Gasteiger partial charge in [0.1, 0.15) is 11.5 Å². The fraction of sp³-hybridized carbons (Fsp3) is 0.231. The Morgan fingerprint density at radius 3 is 2.22 bits per heavy atom. The fourth-order valence-corrected chi connectivity index (χ4v) is 1.59. The summed E-state index contributed by atoms with van der Waals surface area (Å²) in [6.07, 6.45) is 1.63. The van der Waals surface area contributed by atoms with Crippen molar-refractivity contribution in [3.63, 3.8) is 0 Å². The Kier molecular flexibility index (Phi) is 3.32. The Morgan fingerprint density at radius 1 is 1.17 bits per heavy atom. The summed E-state index contributed by atoms with van der Waals surface area (Å²) >= 11 is 0. The highest BCUT2D eigenvalue weighted by atomic mass is 16.6. The number of rotatable bonds is 3. The van der Waals surface area contributed by atoms with Crippen LogP contribution in [0, 0.1) is 0 Å². The topological polar surface area (TPSA) is 57.1 Å². The first kappa shape index (κ1) is 12.2. The highest BCUT2D eigenvalue weighted by molar-refractivity contribution is 6.06. The molecular weight excluding hydrogens is 234 g/mol. The molecule has 2 rings (SSSR count). The molecule has 0 radical (unpaired) electrons. The normalized spacial score (nSPS) is 16.5. The van der Waals surface area contributed by atoms with Gasteiger partial charge in [0.2, 0.25) is 0 Å². The Morgan fingerprint density at radius 2 is 1.78 bits per heavy atom. The van der Waals surface area contributed by atoms with Gasteiger partial charge in [0, 0.05) is 13.0 Å². The number of hydrogen-bond acceptors (Lipinski definition) is 5. The molecule has 1 aliphatic rings. The Balaban J connectivity index is 2.39. The van der Waals surface area contributed by atoms with E-state index in [2.05, 4.69) is 4.99 Å². The van der Waals surface area contributed by atoms with Crippen LogP contribution >= 0.6 is 0 Å². The molecule has 0 atom stereocenters. The van der Waals surface area contributed by atoms with Crippen molar-refractivity contribution < 1.29 is 19.0 Å². The molecule has 0 aromatic heterocycles. The van der Waals surface area contributed by atoms with Crippen LogP contribution in [0.1, 0.15) is 12.5 Å². The van der Waals surface area contributed by atoms with Crippen molar-refractivity contribution in [3.05, 3.63) is 29.5 Å². The molecule has 1 aliphatic heterocycles. The predicted octanol–water partition coefficient (Wildman–Crippen LogP) is 2.02. The smallest absolute Gasteiger partial charge is 0.363 e. The minimum absolute atomic E-state index is 0.266. The molecule has 0 bridgehead atoms. The van der Waals surface area contributed by atoms with Crippen LogP contribution in [0.25, 0.3) is 6.08 Å². The molecule has 0 aliphatic carbocycles. The number of nitrogens with zero attached hydrogens (tertiary/aromatic N) is 1. The molecule has 94 valence electrons. The number of aliphatic imine (C=N–C) groups is 1. The molecule has 1 heterocycles. The average molecular weight is 247 g/mol. The maximum absolute atomic E-state index is 11.4. The van der Waals surface area contributed by atoms with Gasteiger partial charge in [-0.1, -0.05) is 0 Å². The van der Waals surface area contributed by atoms with E-state index in [4.69, 9.17) is 14.2 Å². The second-order valence-electron chi connectivity index (χ2n) is 3.70. The van der Waals surface area contributed by atoms with Crippen LogP contribution in [-0.4, -0.2) is 26.1 Å². The van der Waals surface area contributed by atoms with Crippen molar-refractivity contribution >= 4 is 17.9 Å². The van der Waals surface area contributed by atoms with E-state index in [1.807, 2.05) is 0 Å². The second-order valence-corrected chi connectivity index (χ2v) is 3.70. The summed E-state index contributed by atoms with van der Waals surface area (Å²) in [6, 6.07) is 5.32. The number of benzene rings is 1. The van der Waals surface area contributed by atoms with Crippen molar-refractivity contribution in [2.24, 2.45) is 4.99 Å². The molecule has 0 fully saturated rings. The third-order valence-corrected chi connectivity index (χ3v) is 2.40. The van der Waals surface area contributed by atoms with Crippen LogP contribution in [0.4, 0.5) is 0 Å². The summed E-state index contributed by atoms with van der Waals surface area (Å²) in [5, 5.41) is 0. The van der Waals surface area contributed by atoms with E-state index >= 15 is 0 Å². The molecule has 0 saturated heterocycles. The highest BCUT2D eigenvalue weighted by Gasteiger charge is 2.19. The molecule has 0 N–H and O–H groups in total. The SMILES string of the molecule is COc1cc(/C=C2\N=C(C)OC2=O)cc(OC)c1. The summed E-state index contributed by atoms with van der Waals surface area (Å²) in [4.78, 5) is 15.4. The number of ether oxygens (including phenoxy) is 3. The van der Waals surface area contributed by atoms with E-state index in [1.54, 1.807) is 45.4 Å². The summed E-state index contributed by atoms with van der Waals surface area (Å²) < 4.78 is 15.1. The Hall–Kier alpha value is -2.30. The lowest BCUT2D eigenvalue weighted by molar-refractivity contribution is -0.130. The van der Waals surface area contributed by atoms with Gasteiger partial charge in [-0.2, -0.15) is 0 Å². The van der Waals surface area contributed by atoms with Crippen molar-refractivity contribution in [2.45, 2.75) is 6.92 Å². The van der Waals surface area contributed by atoms with Crippen molar-refractivity contribution in [3.8, 4) is 11.5 Å². The molecule has 0 amide bonds.